The van der Waals surface area contributed by atoms with Crippen molar-refractivity contribution in [3.05, 3.63) is 82.5 Å². The molecule has 0 aliphatic carbocycles. The highest BCUT2D eigenvalue weighted by Crippen LogP contribution is 2.33. The Bertz CT molecular complexity index is 1110. The van der Waals surface area contributed by atoms with Crippen LogP contribution in [-0.4, -0.2) is 35.3 Å². The van der Waals surface area contributed by atoms with Gasteiger partial charge in [0.25, 0.3) is 11.8 Å². The van der Waals surface area contributed by atoms with E-state index in [0.29, 0.717) is 41.4 Å². The van der Waals surface area contributed by atoms with E-state index in [-0.39, 0.29) is 11.8 Å². The first-order valence-electron chi connectivity index (χ1n) is 9.81. The van der Waals surface area contributed by atoms with Gasteiger partial charge in [0, 0.05) is 36.5 Å². The molecule has 0 spiro atoms. The fourth-order valence-electron chi connectivity index (χ4n) is 3.37. The summed E-state index contributed by atoms with van der Waals surface area (Å²) in [4.78, 5) is 31.5. The molecule has 0 atom stereocenters. The molecule has 6 nitrogen and oxygen atoms in total. The highest BCUT2D eigenvalue weighted by Gasteiger charge is 2.27. The lowest BCUT2D eigenvalue weighted by atomic mass is 9.95. The number of anilines is 1. The maximum atomic E-state index is 12.9. The predicted molar refractivity (Wildman–Crippen MR) is 115 cm³/mol. The molecule has 2 aromatic carbocycles. The predicted octanol–water partition coefficient (Wildman–Crippen LogP) is 4.37. The standard InChI is InChI=1S/C24H23N3O3/c1-15-4-7-18(8-5-15)30-21-13-17(12-20-19(21)10-11-27(3)24(20)29)23(28)26-22-9-6-16(2)14-25-22/h4-9,12-14H,10-11H2,1-3H3,(H,25,26,28). The van der Waals surface area contributed by atoms with Gasteiger partial charge in [0.2, 0.25) is 0 Å². The molecule has 0 saturated carbocycles. The van der Waals surface area contributed by atoms with Gasteiger partial charge < -0.3 is 15.0 Å². The minimum Gasteiger partial charge on any atom is -0.457 e. The Kier molecular flexibility index (Phi) is 5.23. The van der Waals surface area contributed by atoms with Crippen LogP contribution in [0.1, 0.15) is 37.4 Å². The van der Waals surface area contributed by atoms with E-state index in [2.05, 4.69) is 10.3 Å². The zero-order chi connectivity index (χ0) is 21.3. The van der Waals surface area contributed by atoms with Crippen LogP contribution < -0.4 is 10.1 Å². The number of aryl methyl sites for hydroxylation is 2. The molecule has 30 heavy (non-hydrogen) atoms. The van der Waals surface area contributed by atoms with E-state index in [0.717, 1.165) is 16.7 Å². The second kappa shape index (κ2) is 7.99. The van der Waals surface area contributed by atoms with E-state index in [1.165, 1.54) is 0 Å². The second-order valence-electron chi connectivity index (χ2n) is 7.57. The number of hydrogen-bond donors (Lipinski definition) is 1. The number of carbonyl (C=O) groups is 2. The van der Waals surface area contributed by atoms with E-state index in [4.69, 9.17) is 4.74 Å². The SMILES string of the molecule is Cc1ccc(Oc2cc(C(=O)Nc3ccc(C)cn3)cc3c2CCN(C)C3=O)cc1. The van der Waals surface area contributed by atoms with Crippen LogP contribution in [0.4, 0.5) is 5.82 Å². The summed E-state index contributed by atoms with van der Waals surface area (Å²) < 4.78 is 6.11. The summed E-state index contributed by atoms with van der Waals surface area (Å²) in [6.45, 7) is 4.54. The van der Waals surface area contributed by atoms with Gasteiger partial charge >= 0.3 is 0 Å². The quantitative estimate of drug-likeness (QED) is 0.705. The van der Waals surface area contributed by atoms with Gasteiger partial charge in [-0.05, 0) is 56.2 Å². The van der Waals surface area contributed by atoms with Gasteiger partial charge in [-0.15, -0.1) is 0 Å². The van der Waals surface area contributed by atoms with Crippen LogP contribution in [0.3, 0.4) is 0 Å². The molecule has 1 aliphatic rings. The molecule has 6 heteroatoms. The Balaban J connectivity index is 1.71. The van der Waals surface area contributed by atoms with Gasteiger partial charge in [-0.1, -0.05) is 23.8 Å². The number of pyridine rings is 1. The van der Waals surface area contributed by atoms with Crippen LogP contribution in [0.5, 0.6) is 11.5 Å². The van der Waals surface area contributed by atoms with Gasteiger partial charge in [-0.2, -0.15) is 0 Å². The first kappa shape index (κ1) is 19.6. The van der Waals surface area contributed by atoms with Crippen molar-refractivity contribution in [1.82, 2.24) is 9.88 Å². The third-order valence-electron chi connectivity index (χ3n) is 5.15. The van der Waals surface area contributed by atoms with Crippen molar-refractivity contribution in [2.75, 3.05) is 18.9 Å². The molecule has 3 aromatic rings. The lowest BCUT2D eigenvalue weighted by molar-refractivity contribution is 0.0780. The molecule has 0 radical (unpaired) electrons. The lowest BCUT2D eigenvalue weighted by Crippen LogP contribution is -2.34. The van der Waals surface area contributed by atoms with Gasteiger partial charge in [0.05, 0.1) is 0 Å². The van der Waals surface area contributed by atoms with Crippen LogP contribution in [0.15, 0.2) is 54.7 Å². The topological polar surface area (TPSA) is 71.5 Å². The Morgan fingerprint density at radius 1 is 1.07 bits per heavy atom. The maximum Gasteiger partial charge on any atom is 0.256 e. The minimum absolute atomic E-state index is 0.117. The van der Waals surface area contributed by atoms with Crippen LogP contribution in [0, 0.1) is 13.8 Å². The van der Waals surface area contributed by atoms with E-state index >= 15 is 0 Å². The molecular formula is C24H23N3O3. The van der Waals surface area contributed by atoms with E-state index in [1.807, 2.05) is 44.2 Å². The number of aromatic nitrogens is 1. The van der Waals surface area contributed by atoms with Crippen molar-refractivity contribution in [3.8, 4) is 11.5 Å². The van der Waals surface area contributed by atoms with E-state index in [9.17, 15) is 9.59 Å². The summed E-state index contributed by atoms with van der Waals surface area (Å²) >= 11 is 0. The highest BCUT2D eigenvalue weighted by molar-refractivity contribution is 6.07. The first-order chi connectivity index (χ1) is 14.4. The Hall–Kier alpha value is -3.67. The molecule has 2 heterocycles. The summed E-state index contributed by atoms with van der Waals surface area (Å²) in [5.41, 5.74) is 3.80. The molecule has 0 saturated heterocycles. The first-order valence-corrected chi connectivity index (χ1v) is 9.81. The molecule has 0 fully saturated rings. The fraction of sp³-hybridized carbons (Fsp3) is 0.208. The van der Waals surface area contributed by atoms with Gasteiger partial charge in [-0.3, -0.25) is 9.59 Å². The molecule has 2 amide bonds. The van der Waals surface area contributed by atoms with Gasteiger partial charge in [-0.25, -0.2) is 4.98 Å². The smallest absolute Gasteiger partial charge is 0.256 e. The number of rotatable bonds is 4. The summed E-state index contributed by atoms with van der Waals surface area (Å²) in [6.07, 6.45) is 2.35. The number of ether oxygens (including phenoxy) is 1. The molecular weight excluding hydrogens is 378 g/mol. The maximum absolute atomic E-state index is 12.9. The van der Waals surface area contributed by atoms with Crippen LogP contribution in [-0.2, 0) is 6.42 Å². The van der Waals surface area contributed by atoms with Crippen LogP contribution >= 0.6 is 0 Å². The average Bonchev–Trinajstić information content (AvgIpc) is 2.74. The Morgan fingerprint density at radius 2 is 1.80 bits per heavy atom. The van der Waals surface area contributed by atoms with Crippen LogP contribution in [0.25, 0.3) is 0 Å². The van der Waals surface area contributed by atoms with Crippen molar-refractivity contribution in [2.45, 2.75) is 20.3 Å². The number of carbonyl (C=O) groups excluding carboxylic acids is 2. The summed E-state index contributed by atoms with van der Waals surface area (Å²) in [6, 6.07) is 14.6. The number of benzene rings is 2. The number of amides is 2. The molecule has 1 aromatic heterocycles. The van der Waals surface area contributed by atoms with Crippen molar-refractivity contribution in [3.63, 3.8) is 0 Å². The summed E-state index contributed by atoms with van der Waals surface area (Å²) in [5.74, 6) is 1.18. The van der Waals surface area contributed by atoms with Crippen molar-refractivity contribution in [1.29, 1.82) is 0 Å². The third-order valence-corrected chi connectivity index (χ3v) is 5.15. The second-order valence-corrected chi connectivity index (χ2v) is 7.57. The van der Waals surface area contributed by atoms with Gasteiger partial charge in [0.1, 0.15) is 17.3 Å². The summed E-state index contributed by atoms with van der Waals surface area (Å²) in [5, 5.41) is 2.79. The van der Waals surface area contributed by atoms with E-state index in [1.54, 1.807) is 36.3 Å². The fourth-order valence-corrected chi connectivity index (χ4v) is 3.37. The third kappa shape index (κ3) is 4.03. The monoisotopic (exact) mass is 401 g/mol. The van der Waals surface area contributed by atoms with Crippen molar-refractivity contribution >= 4 is 17.6 Å². The van der Waals surface area contributed by atoms with Crippen LogP contribution in [0.2, 0.25) is 0 Å². The van der Waals surface area contributed by atoms with Gasteiger partial charge in [0.15, 0.2) is 0 Å². The zero-order valence-electron chi connectivity index (χ0n) is 17.2. The number of fused-ring (bicyclic) bond motifs is 1. The number of nitrogens with zero attached hydrogens (tertiary/aromatic N) is 2. The normalized spacial score (nSPS) is 13.0. The Labute approximate surface area is 175 Å². The van der Waals surface area contributed by atoms with E-state index < -0.39 is 0 Å². The van der Waals surface area contributed by atoms with Crippen molar-refractivity contribution < 1.29 is 14.3 Å². The number of hydrogen-bond acceptors (Lipinski definition) is 4. The van der Waals surface area contributed by atoms with Crippen molar-refractivity contribution in [2.24, 2.45) is 0 Å². The molecule has 1 N–H and O–H groups in total. The minimum atomic E-state index is -0.344. The Morgan fingerprint density at radius 3 is 2.50 bits per heavy atom. The zero-order valence-corrected chi connectivity index (χ0v) is 17.2. The number of likely N-dealkylation sites (N-methyl/N-ethyl adjacent to an activating group) is 1. The molecule has 1 aliphatic heterocycles. The molecule has 0 unspecified atom stereocenters. The highest BCUT2D eigenvalue weighted by atomic mass is 16.5. The summed E-state index contributed by atoms with van der Waals surface area (Å²) in [7, 11) is 1.76. The molecule has 4 rings (SSSR count). The molecule has 152 valence electrons. The molecule has 0 bridgehead atoms. The lowest BCUT2D eigenvalue weighted by Gasteiger charge is -2.27. The average molecular weight is 401 g/mol. The largest absolute Gasteiger partial charge is 0.457 e. The number of nitrogens with one attached hydrogen (secondary N) is 1.